The lowest BCUT2D eigenvalue weighted by Crippen LogP contribution is -2.31. The first kappa shape index (κ1) is 15.7. The lowest BCUT2D eigenvalue weighted by molar-refractivity contribution is 0.712. The van der Waals surface area contributed by atoms with E-state index in [1.165, 1.54) is 36.8 Å². The zero-order valence-corrected chi connectivity index (χ0v) is 14.8. The smallest absolute Gasteiger partial charge is 0.225 e. The van der Waals surface area contributed by atoms with Crippen LogP contribution in [0.1, 0.15) is 42.5 Å². The average Bonchev–Trinajstić information content (AvgIpc) is 3.06. The van der Waals surface area contributed by atoms with Crippen LogP contribution in [-0.4, -0.2) is 22.6 Å². The third kappa shape index (κ3) is 3.34. The van der Waals surface area contributed by atoms with Crippen LogP contribution >= 0.6 is 11.6 Å². The van der Waals surface area contributed by atoms with Crippen molar-refractivity contribution in [3.05, 3.63) is 46.1 Å². The van der Waals surface area contributed by atoms with Crippen molar-refractivity contribution in [3.63, 3.8) is 0 Å². The minimum atomic E-state index is 0.531. The molecule has 0 spiro atoms. The SMILES string of the molecule is Cc1cc(N2CCc3cc(Cl)ccc3C2)nc(NC2CCCC2)n1. The van der Waals surface area contributed by atoms with E-state index < -0.39 is 0 Å². The molecular weight excluding hydrogens is 320 g/mol. The van der Waals surface area contributed by atoms with E-state index in [4.69, 9.17) is 16.6 Å². The summed E-state index contributed by atoms with van der Waals surface area (Å²) in [6.45, 7) is 3.89. The zero-order valence-electron chi connectivity index (χ0n) is 14.1. The molecule has 1 aromatic carbocycles. The van der Waals surface area contributed by atoms with Crippen molar-refractivity contribution in [2.45, 2.75) is 51.6 Å². The summed E-state index contributed by atoms with van der Waals surface area (Å²) in [5.41, 5.74) is 3.71. The number of rotatable bonds is 3. The summed E-state index contributed by atoms with van der Waals surface area (Å²) in [7, 11) is 0. The van der Waals surface area contributed by atoms with Gasteiger partial charge in [0.2, 0.25) is 5.95 Å². The topological polar surface area (TPSA) is 41.1 Å². The molecular formula is C19H23ClN4. The van der Waals surface area contributed by atoms with Crippen LogP contribution < -0.4 is 10.2 Å². The first-order valence-corrected chi connectivity index (χ1v) is 9.20. The standard InChI is InChI=1S/C19H23ClN4/c1-13-10-18(23-19(21-13)22-17-4-2-3-5-17)24-9-8-14-11-16(20)7-6-15(14)12-24/h6-7,10-11,17H,2-5,8-9,12H2,1H3,(H,21,22,23). The first-order valence-electron chi connectivity index (χ1n) is 8.82. The summed E-state index contributed by atoms with van der Waals surface area (Å²) in [6.07, 6.45) is 6.07. The van der Waals surface area contributed by atoms with Gasteiger partial charge in [0.25, 0.3) is 0 Å². The second-order valence-electron chi connectivity index (χ2n) is 6.90. The molecule has 126 valence electrons. The fraction of sp³-hybridized carbons (Fsp3) is 0.474. The maximum atomic E-state index is 6.11. The number of halogens is 1. The number of nitrogens with zero attached hydrogens (tertiary/aromatic N) is 3. The minimum Gasteiger partial charge on any atom is -0.352 e. The van der Waals surface area contributed by atoms with Crippen LogP contribution in [0, 0.1) is 6.92 Å². The first-order chi connectivity index (χ1) is 11.7. The summed E-state index contributed by atoms with van der Waals surface area (Å²) >= 11 is 6.11. The van der Waals surface area contributed by atoms with Crippen LogP contribution in [-0.2, 0) is 13.0 Å². The van der Waals surface area contributed by atoms with E-state index in [9.17, 15) is 0 Å². The Morgan fingerprint density at radius 3 is 2.79 bits per heavy atom. The number of hydrogen-bond donors (Lipinski definition) is 1. The lowest BCUT2D eigenvalue weighted by atomic mass is 10.00. The fourth-order valence-corrected chi connectivity index (χ4v) is 3.94. The van der Waals surface area contributed by atoms with Crippen LogP contribution in [0.3, 0.4) is 0 Å². The number of anilines is 2. The Morgan fingerprint density at radius 2 is 1.96 bits per heavy atom. The molecule has 0 saturated heterocycles. The van der Waals surface area contributed by atoms with Gasteiger partial charge in [-0.05, 0) is 49.4 Å². The van der Waals surface area contributed by atoms with Gasteiger partial charge in [-0.25, -0.2) is 4.98 Å². The van der Waals surface area contributed by atoms with Gasteiger partial charge >= 0.3 is 0 Å². The molecule has 4 rings (SSSR count). The third-order valence-electron chi connectivity index (χ3n) is 5.03. The van der Waals surface area contributed by atoms with E-state index >= 15 is 0 Å². The van der Waals surface area contributed by atoms with Gasteiger partial charge < -0.3 is 10.2 Å². The number of aromatic nitrogens is 2. The molecule has 5 heteroatoms. The fourth-order valence-electron chi connectivity index (χ4n) is 3.75. The van der Waals surface area contributed by atoms with Gasteiger partial charge in [-0.2, -0.15) is 4.98 Å². The maximum Gasteiger partial charge on any atom is 0.225 e. The Kier molecular flexibility index (Phi) is 4.31. The van der Waals surface area contributed by atoms with Crippen LogP contribution in [0.5, 0.6) is 0 Å². The Balaban J connectivity index is 1.55. The quantitative estimate of drug-likeness (QED) is 0.900. The molecule has 1 aromatic heterocycles. The molecule has 4 nitrogen and oxygen atoms in total. The molecule has 2 aliphatic rings. The van der Waals surface area contributed by atoms with Crippen molar-refractivity contribution >= 4 is 23.4 Å². The summed E-state index contributed by atoms with van der Waals surface area (Å²) in [6, 6.07) is 8.81. The molecule has 0 unspecified atom stereocenters. The van der Waals surface area contributed by atoms with Crippen molar-refractivity contribution in [2.75, 3.05) is 16.8 Å². The Bertz CT molecular complexity index is 740. The summed E-state index contributed by atoms with van der Waals surface area (Å²) in [5.74, 6) is 1.79. The average molecular weight is 343 g/mol. The second-order valence-corrected chi connectivity index (χ2v) is 7.34. The lowest BCUT2D eigenvalue weighted by Gasteiger charge is -2.30. The van der Waals surface area contributed by atoms with Crippen molar-refractivity contribution in [3.8, 4) is 0 Å². The van der Waals surface area contributed by atoms with Gasteiger partial charge in [-0.3, -0.25) is 0 Å². The minimum absolute atomic E-state index is 0.531. The van der Waals surface area contributed by atoms with Gasteiger partial charge in [-0.15, -0.1) is 0 Å². The van der Waals surface area contributed by atoms with Crippen LogP contribution in [0.4, 0.5) is 11.8 Å². The van der Waals surface area contributed by atoms with Crippen molar-refractivity contribution in [1.82, 2.24) is 9.97 Å². The number of fused-ring (bicyclic) bond motifs is 1. The molecule has 2 aromatic rings. The van der Waals surface area contributed by atoms with Crippen LogP contribution in [0.25, 0.3) is 0 Å². The van der Waals surface area contributed by atoms with Gasteiger partial charge in [-0.1, -0.05) is 30.5 Å². The van der Waals surface area contributed by atoms with Crippen LogP contribution in [0.15, 0.2) is 24.3 Å². The highest BCUT2D eigenvalue weighted by Crippen LogP contribution is 2.27. The van der Waals surface area contributed by atoms with Crippen molar-refractivity contribution in [1.29, 1.82) is 0 Å². The Hall–Kier alpha value is -1.81. The summed E-state index contributed by atoms with van der Waals surface area (Å²) in [5, 5.41) is 4.34. The molecule has 24 heavy (non-hydrogen) atoms. The van der Waals surface area contributed by atoms with Gasteiger partial charge in [0.15, 0.2) is 0 Å². The van der Waals surface area contributed by atoms with E-state index in [1.807, 2.05) is 13.0 Å². The molecule has 0 radical (unpaired) electrons. The predicted octanol–water partition coefficient (Wildman–Crippen LogP) is 4.36. The molecule has 1 fully saturated rings. The molecule has 0 atom stereocenters. The number of benzene rings is 1. The molecule has 2 heterocycles. The summed E-state index contributed by atoms with van der Waals surface area (Å²) < 4.78 is 0. The van der Waals surface area contributed by atoms with E-state index in [-0.39, 0.29) is 0 Å². The Morgan fingerprint density at radius 1 is 1.12 bits per heavy atom. The monoisotopic (exact) mass is 342 g/mol. The van der Waals surface area contributed by atoms with Gasteiger partial charge in [0.1, 0.15) is 5.82 Å². The number of aryl methyl sites for hydroxylation is 1. The summed E-state index contributed by atoms with van der Waals surface area (Å²) in [4.78, 5) is 11.7. The predicted molar refractivity (Wildman–Crippen MR) is 98.9 cm³/mol. The van der Waals surface area contributed by atoms with Crippen molar-refractivity contribution in [2.24, 2.45) is 0 Å². The molecule has 0 bridgehead atoms. The number of nitrogens with one attached hydrogen (secondary N) is 1. The van der Waals surface area contributed by atoms with E-state index in [0.717, 1.165) is 42.0 Å². The van der Waals surface area contributed by atoms with E-state index in [2.05, 4.69) is 33.4 Å². The largest absolute Gasteiger partial charge is 0.352 e. The Labute approximate surface area is 148 Å². The van der Waals surface area contributed by atoms with E-state index in [1.54, 1.807) is 0 Å². The maximum absolute atomic E-state index is 6.11. The normalized spacial score (nSPS) is 17.8. The van der Waals surface area contributed by atoms with Crippen molar-refractivity contribution < 1.29 is 0 Å². The van der Waals surface area contributed by atoms with Gasteiger partial charge in [0, 0.05) is 35.9 Å². The number of hydrogen-bond acceptors (Lipinski definition) is 4. The molecule has 0 amide bonds. The molecule has 1 N–H and O–H groups in total. The van der Waals surface area contributed by atoms with E-state index in [0.29, 0.717) is 6.04 Å². The third-order valence-corrected chi connectivity index (χ3v) is 5.27. The second kappa shape index (κ2) is 6.60. The molecule has 1 aliphatic heterocycles. The molecule has 1 saturated carbocycles. The molecule has 1 aliphatic carbocycles. The zero-order chi connectivity index (χ0) is 16.5. The van der Waals surface area contributed by atoms with Gasteiger partial charge in [0.05, 0.1) is 0 Å². The highest BCUT2D eigenvalue weighted by atomic mass is 35.5. The highest BCUT2D eigenvalue weighted by molar-refractivity contribution is 6.30. The van der Waals surface area contributed by atoms with Crippen LogP contribution in [0.2, 0.25) is 5.02 Å². The highest BCUT2D eigenvalue weighted by Gasteiger charge is 2.20.